The molecular weight excluding hydrogens is 227 g/mol. The van der Waals surface area contributed by atoms with Gasteiger partial charge in [-0.25, -0.2) is 4.39 Å². The van der Waals surface area contributed by atoms with Gasteiger partial charge < -0.3 is 10.6 Å². The number of likely N-dealkylation sites (N-methyl/N-ethyl adjacent to an activating group) is 1. The number of nitrogens with two attached hydrogens (primary N) is 1. The molecule has 0 heterocycles. The molecule has 1 rings (SSSR count). The van der Waals surface area contributed by atoms with Crippen LogP contribution in [-0.4, -0.2) is 31.6 Å². The topological polar surface area (TPSA) is 29.3 Å². The standard InChI is InChI=1S/C15H25FN2/c1-12(2)14(10-17)11-18(3)9-8-13-6-4-5-7-15(13)16/h4-7,12,14H,8-11,17H2,1-3H3. The van der Waals surface area contributed by atoms with Crippen LogP contribution in [0.3, 0.4) is 0 Å². The van der Waals surface area contributed by atoms with E-state index in [0.29, 0.717) is 18.4 Å². The Labute approximate surface area is 110 Å². The first-order valence-electron chi connectivity index (χ1n) is 6.66. The number of hydrogen-bond acceptors (Lipinski definition) is 2. The minimum atomic E-state index is -0.106. The zero-order chi connectivity index (χ0) is 13.5. The quantitative estimate of drug-likeness (QED) is 0.808. The van der Waals surface area contributed by atoms with Crippen LogP contribution < -0.4 is 5.73 Å². The fourth-order valence-electron chi connectivity index (χ4n) is 2.06. The molecule has 0 aliphatic carbocycles. The maximum Gasteiger partial charge on any atom is 0.126 e. The third-order valence-corrected chi connectivity index (χ3v) is 3.51. The van der Waals surface area contributed by atoms with Crippen molar-refractivity contribution in [1.82, 2.24) is 4.90 Å². The van der Waals surface area contributed by atoms with E-state index >= 15 is 0 Å². The molecule has 0 aliphatic rings. The van der Waals surface area contributed by atoms with E-state index in [4.69, 9.17) is 5.73 Å². The van der Waals surface area contributed by atoms with Gasteiger partial charge in [-0.2, -0.15) is 0 Å². The number of hydrogen-bond donors (Lipinski definition) is 1. The molecule has 0 saturated carbocycles. The highest BCUT2D eigenvalue weighted by Crippen LogP contribution is 2.12. The first-order valence-corrected chi connectivity index (χ1v) is 6.66. The van der Waals surface area contributed by atoms with E-state index in [-0.39, 0.29) is 5.82 Å². The van der Waals surface area contributed by atoms with Crippen molar-refractivity contribution in [3.05, 3.63) is 35.6 Å². The van der Waals surface area contributed by atoms with Gasteiger partial charge in [0.15, 0.2) is 0 Å². The number of nitrogens with zero attached hydrogens (tertiary/aromatic N) is 1. The van der Waals surface area contributed by atoms with E-state index in [9.17, 15) is 4.39 Å². The highest BCUT2D eigenvalue weighted by molar-refractivity contribution is 5.17. The average molecular weight is 252 g/mol. The van der Waals surface area contributed by atoms with Crippen LogP contribution in [0.4, 0.5) is 4.39 Å². The van der Waals surface area contributed by atoms with Crippen LogP contribution in [0.25, 0.3) is 0 Å². The van der Waals surface area contributed by atoms with E-state index in [2.05, 4.69) is 25.8 Å². The minimum absolute atomic E-state index is 0.106. The molecule has 0 fully saturated rings. The molecule has 0 aliphatic heterocycles. The Morgan fingerprint density at radius 2 is 1.94 bits per heavy atom. The molecular formula is C15H25FN2. The Balaban J connectivity index is 2.41. The maximum absolute atomic E-state index is 13.5. The lowest BCUT2D eigenvalue weighted by Gasteiger charge is -2.25. The van der Waals surface area contributed by atoms with Gasteiger partial charge in [-0.05, 0) is 43.5 Å². The molecule has 1 aromatic rings. The summed E-state index contributed by atoms with van der Waals surface area (Å²) in [6.07, 6.45) is 0.749. The lowest BCUT2D eigenvalue weighted by Crippen LogP contribution is -2.34. The average Bonchev–Trinajstić information content (AvgIpc) is 2.34. The molecule has 1 unspecified atom stereocenters. The van der Waals surface area contributed by atoms with Crippen LogP contribution in [-0.2, 0) is 6.42 Å². The van der Waals surface area contributed by atoms with Crippen LogP contribution in [0.5, 0.6) is 0 Å². The predicted molar refractivity (Wildman–Crippen MR) is 75.0 cm³/mol. The summed E-state index contributed by atoms with van der Waals surface area (Å²) in [5.74, 6) is 0.992. The Bertz CT molecular complexity index is 352. The SMILES string of the molecule is CC(C)C(CN)CN(C)CCc1ccccc1F. The summed E-state index contributed by atoms with van der Waals surface area (Å²) in [6, 6.07) is 6.99. The molecule has 0 bridgehead atoms. The summed E-state index contributed by atoms with van der Waals surface area (Å²) >= 11 is 0. The Kier molecular flexibility index (Phi) is 6.30. The Morgan fingerprint density at radius 3 is 2.50 bits per heavy atom. The smallest absolute Gasteiger partial charge is 0.126 e. The Morgan fingerprint density at radius 1 is 1.28 bits per heavy atom. The molecule has 0 amide bonds. The first-order chi connectivity index (χ1) is 8.54. The normalized spacial score (nSPS) is 13.3. The summed E-state index contributed by atoms with van der Waals surface area (Å²) < 4.78 is 13.5. The third-order valence-electron chi connectivity index (χ3n) is 3.51. The summed E-state index contributed by atoms with van der Waals surface area (Å²) in [7, 11) is 2.08. The molecule has 0 saturated heterocycles. The Hall–Kier alpha value is -0.930. The molecule has 3 heteroatoms. The number of benzene rings is 1. The fourth-order valence-corrected chi connectivity index (χ4v) is 2.06. The minimum Gasteiger partial charge on any atom is -0.330 e. The van der Waals surface area contributed by atoms with E-state index in [0.717, 1.165) is 25.1 Å². The van der Waals surface area contributed by atoms with Crippen molar-refractivity contribution in [2.24, 2.45) is 17.6 Å². The van der Waals surface area contributed by atoms with Crippen molar-refractivity contribution in [1.29, 1.82) is 0 Å². The zero-order valence-electron chi connectivity index (χ0n) is 11.7. The van der Waals surface area contributed by atoms with Crippen molar-refractivity contribution in [3.8, 4) is 0 Å². The van der Waals surface area contributed by atoms with Crippen LogP contribution in [0, 0.1) is 17.7 Å². The van der Waals surface area contributed by atoms with Crippen LogP contribution in [0.15, 0.2) is 24.3 Å². The largest absolute Gasteiger partial charge is 0.330 e. The molecule has 0 spiro atoms. The van der Waals surface area contributed by atoms with Crippen LogP contribution in [0.1, 0.15) is 19.4 Å². The van der Waals surface area contributed by atoms with Crippen molar-refractivity contribution in [3.63, 3.8) is 0 Å². The van der Waals surface area contributed by atoms with Gasteiger partial charge in [-0.1, -0.05) is 32.0 Å². The van der Waals surface area contributed by atoms with Gasteiger partial charge in [-0.3, -0.25) is 0 Å². The fraction of sp³-hybridized carbons (Fsp3) is 0.600. The van der Waals surface area contributed by atoms with Gasteiger partial charge >= 0.3 is 0 Å². The second-order valence-electron chi connectivity index (χ2n) is 5.34. The second kappa shape index (κ2) is 7.49. The summed E-state index contributed by atoms with van der Waals surface area (Å²) in [6.45, 7) is 6.94. The lowest BCUT2D eigenvalue weighted by atomic mass is 9.95. The molecule has 2 nitrogen and oxygen atoms in total. The lowest BCUT2D eigenvalue weighted by molar-refractivity contribution is 0.242. The van der Waals surface area contributed by atoms with Gasteiger partial charge in [-0.15, -0.1) is 0 Å². The molecule has 2 N–H and O–H groups in total. The van der Waals surface area contributed by atoms with Crippen molar-refractivity contribution >= 4 is 0 Å². The summed E-state index contributed by atoms with van der Waals surface area (Å²) in [5, 5.41) is 0. The van der Waals surface area contributed by atoms with E-state index in [1.807, 2.05) is 12.1 Å². The van der Waals surface area contributed by atoms with Crippen LogP contribution >= 0.6 is 0 Å². The third kappa shape index (κ3) is 4.75. The highest BCUT2D eigenvalue weighted by atomic mass is 19.1. The molecule has 18 heavy (non-hydrogen) atoms. The summed E-state index contributed by atoms with van der Waals surface area (Å²) in [4.78, 5) is 2.24. The predicted octanol–water partition coefficient (Wildman–Crippen LogP) is 2.53. The molecule has 0 radical (unpaired) electrons. The monoisotopic (exact) mass is 252 g/mol. The molecule has 102 valence electrons. The van der Waals surface area contributed by atoms with Gasteiger partial charge in [0.05, 0.1) is 0 Å². The zero-order valence-corrected chi connectivity index (χ0v) is 11.7. The van der Waals surface area contributed by atoms with E-state index < -0.39 is 0 Å². The highest BCUT2D eigenvalue weighted by Gasteiger charge is 2.14. The van der Waals surface area contributed by atoms with Crippen molar-refractivity contribution in [2.75, 3.05) is 26.7 Å². The first kappa shape index (κ1) is 15.1. The molecule has 1 atom stereocenters. The van der Waals surface area contributed by atoms with Crippen molar-refractivity contribution in [2.45, 2.75) is 20.3 Å². The van der Waals surface area contributed by atoms with Gasteiger partial charge in [0.25, 0.3) is 0 Å². The van der Waals surface area contributed by atoms with Gasteiger partial charge in [0.2, 0.25) is 0 Å². The van der Waals surface area contributed by atoms with Crippen molar-refractivity contribution < 1.29 is 4.39 Å². The van der Waals surface area contributed by atoms with Gasteiger partial charge in [0, 0.05) is 13.1 Å². The maximum atomic E-state index is 13.5. The molecule has 0 aromatic heterocycles. The molecule has 1 aromatic carbocycles. The van der Waals surface area contributed by atoms with Gasteiger partial charge in [0.1, 0.15) is 5.82 Å². The number of halogens is 1. The second-order valence-corrected chi connectivity index (χ2v) is 5.34. The van der Waals surface area contributed by atoms with E-state index in [1.54, 1.807) is 6.07 Å². The summed E-state index contributed by atoms with van der Waals surface area (Å²) in [5.41, 5.74) is 6.56. The van der Waals surface area contributed by atoms with E-state index in [1.165, 1.54) is 6.07 Å². The van der Waals surface area contributed by atoms with Crippen LogP contribution in [0.2, 0.25) is 0 Å². The number of rotatable bonds is 7.